The third kappa shape index (κ3) is 4.72. The Morgan fingerprint density at radius 1 is 1.24 bits per heavy atom. The van der Waals surface area contributed by atoms with Crippen molar-refractivity contribution in [3.8, 4) is 5.69 Å². The van der Waals surface area contributed by atoms with Gasteiger partial charge in [0, 0.05) is 24.5 Å². The second-order valence-electron chi connectivity index (χ2n) is 5.98. The summed E-state index contributed by atoms with van der Waals surface area (Å²) in [5, 5.41) is 10.4. The predicted octanol–water partition coefficient (Wildman–Crippen LogP) is 1.88. The zero-order chi connectivity index (χ0) is 15.3. The first-order valence-corrected chi connectivity index (χ1v) is 7.05. The summed E-state index contributed by atoms with van der Waals surface area (Å²) in [5.74, 6) is -0.000861. The van der Waals surface area contributed by atoms with Crippen molar-refractivity contribution in [2.24, 2.45) is 0 Å². The van der Waals surface area contributed by atoms with Gasteiger partial charge in [-0.25, -0.2) is 4.68 Å². The second-order valence-corrected chi connectivity index (χ2v) is 5.98. The number of para-hydroxylation sites is 1. The van der Waals surface area contributed by atoms with E-state index in [9.17, 15) is 4.79 Å². The van der Waals surface area contributed by atoms with Gasteiger partial charge in [0.15, 0.2) is 0 Å². The fourth-order valence-electron chi connectivity index (χ4n) is 2.07. The SMILES string of the molecule is CC(C)(C)NC(=O)CNCc1ccccc1-n1cccn1. The number of hydrogen-bond donors (Lipinski definition) is 2. The van der Waals surface area contributed by atoms with Gasteiger partial charge in [-0.05, 0) is 38.5 Å². The Morgan fingerprint density at radius 2 is 2.00 bits per heavy atom. The van der Waals surface area contributed by atoms with Crippen LogP contribution in [0.5, 0.6) is 0 Å². The maximum atomic E-state index is 11.8. The summed E-state index contributed by atoms with van der Waals surface area (Å²) >= 11 is 0. The lowest BCUT2D eigenvalue weighted by Crippen LogP contribution is -2.44. The number of aromatic nitrogens is 2. The van der Waals surface area contributed by atoms with E-state index in [1.165, 1.54) is 0 Å². The smallest absolute Gasteiger partial charge is 0.234 e. The Kier molecular flexibility index (Phi) is 4.75. The summed E-state index contributed by atoms with van der Waals surface area (Å²) in [6, 6.07) is 9.90. The minimum Gasteiger partial charge on any atom is -0.350 e. The van der Waals surface area contributed by atoms with E-state index < -0.39 is 0 Å². The molecule has 1 aromatic heterocycles. The fourth-order valence-corrected chi connectivity index (χ4v) is 2.07. The van der Waals surface area contributed by atoms with Gasteiger partial charge in [-0.1, -0.05) is 18.2 Å². The monoisotopic (exact) mass is 286 g/mol. The first kappa shape index (κ1) is 15.3. The van der Waals surface area contributed by atoms with Crippen LogP contribution in [0, 0.1) is 0 Å². The molecule has 0 radical (unpaired) electrons. The van der Waals surface area contributed by atoms with Crippen molar-refractivity contribution < 1.29 is 4.79 Å². The Labute approximate surface area is 125 Å². The molecular formula is C16H22N4O. The first-order valence-electron chi connectivity index (χ1n) is 7.05. The summed E-state index contributed by atoms with van der Waals surface area (Å²) in [7, 11) is 0. The van der Waals surface area contributed by atoms with Crippen molar-refractivity contribution in [2.45, 2.75) is 32.9 Å². The van der Waals surface area contributed by atoms with Crippen LogP contribution in [0.25, 0.3) is 5.69 Å². The van der Waals surface area contributed by atoms with Gasteiger partial charge in [0.05, 0.1) is 12.2 Å². The van der Waals surface area contributed by atoms with E-state index in [0.29, 0.717) is 13.1 Å². The Bertz CT molecular complexity index is 585. The molecule has 0 aliphatic carbocycles. The molecule has 0 fully saturated rings. The molecule has 2 aromatic rings. The van der Waals surface area contributed by atoms with Crippen molar-refractivity contribution in [1.82, 2.24) is 20.4 Å². The van der Waals surface area contributed by atoms with Crippen LogP contribution in [-0.2, 0) is 11.3 Å². The number of rotatable bonds is 5. The molecule has 1 heterocycles. The van der Waals surface area contributed by atoms with E-state index in [4.69, 9.17) is 0 Å². The maximum Gasteiger partial charge on any atom is 0.234 e. The highest BCUT2D eigenvalue weighted by Gasteiger charge is 2.13. The van der Waals surface area contributed by atoms with Gasteiger partial charge in [-0.15, -0.1) is 0 Å². The van der Waals surface area contributed by atoms with E-state index in [1.807, 2.05) is 62.0 Å². The molecule has 0 aliphatic rings. The lowest BCUT2D eigenvalue weighted by atomic mass is 10.1. The zero-order valence-corrected chi connectivity index (χ0v) is 12.8. The molecule has 0 bridgehead atoms. The Hall–Kier alpha value is -2.14. The molecule has 2 rings (SSSR count). The summed E-state index contributed by atoms with van der Waals surface area (Å²) in [5.41, 5.74) is 1.92. The lowest BCUT2D eigenvalue weighted by Gasteiger charge is -2.20. The Morgan fingerprint density at radius 3 is 2.67 bits per heavy atom. The second kappa shape index (κ2) is 6.54. The predicted molar refractivity (Wildman–Crippen MR) is 83.2 cm³/mol. The highest BCUT2D eigenvalue weighted by molar-refractivity contribution is 5.78. The van der Waals surface area contributed by atoms with Crippen LogP contribution in [-0.4, -0.2) is 27.8 Å². The molecule has 2 N–H and O–H groups in total. The number of hydrogen-bond acceptors (Lipinski definition) is 3. The molecule has 5 nitrogen and oxygen atoms in total. The summed E-state index contributed by atoms with van der Waals surface area (Å²) in [6.07, 6.45) is 3.66. The summed E-state index contributed by atoms with van der Waals surface area (Å²) < 4.78 is 1.83. The molecule has 0 aliphatic heterocycles. The highest BCUT2D eigenvalue weighted by Crippen LogP contribution is 2.12. The van der Waals surface area contributed by atoms with Crippen LogP contribution in [0.4, 0.5) is 0 Å². The van der Waals surface area contributed by atoms with Crippen LogP contribution in [0.3, 0.4) is 0 Å². The number of carbonyl (C=O) groups is 1. The van der Waals surface area contributed by atoms with Gasteiger partial charge in [0.2, 0.25) is 5.91 Å². The molecule has 0 spiro atoms. The van der Waals surface area contributed by atoms with Crippen LogP contribution in [0.15, 0.2) is 42.7 Å². The van der Waals surface area contributed by atoms with E-state index in [0.717, 1.165) is 11.3 Å². The molecular weight excluding hydrogens is 264 g/mol. The fraction of sp³-hybridized carbons (Fsp3) is 0.375. The molecule has 21 heavy (non-hydrogen) atoms. The average molecular weight is 286 g/mol. The van der Waals surface area contributed by atoms with Crippen LogP contribution >= 0.6 is 0 Å². The third-order valence-corrected chi connectivity index (χ3v) is 2.86. The van der Waals surface area contributed by atoms with Gasteiger partial charge >= 0.3 is 0 Å². The van der Waals surface area contributed by atoms with Gasteiger partial charge < -0.3 is 10.6 Å². The van der Waals surface area contributed by atoms with E-state index in [-0.39, 0.29) is 11.4 Å². The topological polar surface area (TPSA) is 59.0 Å². The summed E-state index contributed by atoms with van der Waals surface area (Å²) in [6.45, 7) is 6.83. The number of carbonyl (C=O) groups excluding carboxylic acids is 1. The number of nitrogens with zero attached hydrogens (tertiary/aromatic N) is 2. The minimum absolute atomic E-state index is 0.000861. The molecule has 0 saturated heterocycles. The quantitative estimate of drug-likeness (QED) is 0.882. The molecule has 112 valence electrons. The normalized spacial score (nSPS) is 11.4. The van der Waals surface area contributed by atoms with Crippen LogP contribution in [0.2, 0.25) is 0 Å². The Balaban J connectivity index is 1.94. The maximum absolute atomic E-state index is 11.8. The molecule has 1 amide bonds. The molecule has 0 saturated carbocycles. The zero-order valence-electron chi connectivity index (χ0n) is 12.8. The average Bonchev–Trinajstić information content (AvgIpc) is 2.91. The van der Waals surface area contributed by atoms with Gasteiger partial charge in [0.1, 0.15) is 0 Å². The van der Waals surface area contributed by atoms with Gasteiger partial charge in [0.25, 0.3) is 0 Å². The minimum atomic E-state index is -0.203. The van der Waals surface area contributed by atoms with E-state index >= 15 is 0 Å². The van der Waals surface area contributed by atoms with Crippen molar-refractivity contribution in [1.29, 1.82) is 0 Å². The molecule has 5 heteroatoms. The number of benzene rings is 1. The third-order valence-electron chi connectivity index (χ3n) is 2.86. The van der Waals surface area contributed by atoms with Crippen molar-refractivity contribution in [3.63, 3.8) is 0 Å². The van der Waals surface area contributed by atoms with E-state index in [2.05, 4.69) is 15.7 Å². The van der Waals surface area contributed by atoms with Crippen molar-refractivity contribution >= 4 is 5.91 Å². The standard InChI is InChI=1S/C16H22N4O/c1-16(2,3)19-15(21)12-17-11-13-7-4-5-8-14(13)20-10-6-9-18-20/h4-10,17H,11-12H2,1-3H3,(H,19,21). The van der Waals surface area contributed by atoms with Crippen molar-refractivity contribution in [2.75, 3.05) is 6.54 Å². The lowest BCUT2D eigenvalue weighted by molar-refractivity contribution is -0.121. The molecule has 1 aromatic carbocycles. The van der Waals surface area contributed by atoms with Gasteiger partial charge in [-0.2, -0.15) is 5.10 Å². The largest absolute Gasteiger partial charge is 0.350 e. The first-order chi connectivity index (χ1) is 9.96. The number of nitrogens with one attached hydrogen (secondary N) is 2. The van der Waals surface area contributed by atoms with Crippen LogP contribution < -0.4 is 10.6 Å². The van der Waals surface area contributed by atoms with Crippen LogP contribution in [0.1, 0.15) is 26.3 Å². The summed E-state index contributed by atoms with van der Waals surface area (Å²) in [4.78, 5) is 11.8. The molecule has 0 atom stereocenters. The molecule has 0 unspecified atom stereocenters. The van der Waals surface area contributed by atoms with Crippen molar-refractivity contribution in [3.05, 3.63) is 48.3 Å². The highest BCUT2D eigenvalue weighted by atomic mass is 16.2. The number of amides is 1. The van der Waals surface area contributed by atoms with Gasteiger partial charge in [-0.3, -0.25) is 4.79 Å². The van der Waals surface area contributed by atoms with E-state index in [1.54, 1.807) is 6.20 Å².